The number of nitrogens with zero attached hydrogens (tertiary/aromatic N) is 1. The lowest BCUT2D eigenvalue weighted by atomic mass is 9.85. The van der Waals surface area contributed by atoms with Gasteiger partial charge in [-0.15, -0.1) is 0 Å². The number of hydrogen-bond donors (Lipinski definition) is 1. The zero-order valence-corrected chi connectivity index (χ0v) is 14.3. The van der Waals surface area contributed by atoms with Crippen molar-refractivity contribution in [2.75, 3.05) is 46.5 Å². The molecule has 0 aliphatic carbocycles. The van der Waals surface area contributed by atoms with E-state index in [1.54, 1.807) is 0 Å². The summed E-state index contributed by atoms with van der Waals surface area (Å²) in [6, 6.07) is 0. The predicted octanol–water partition coefficient (Wildman–Crippen LogP) is 2.14. The van der Waals surface area contributed by atoms with Crippen molar-refractivity contribution in [2.45, 2.75) is 52.7 Å². The summed E-state index contributed by atoms with van der Waals surface area (Å²) in [5, 5.41) is 3.65. The van der Waals surface area contributed by atoms with Gasteiger partial charge < -0.3 is 19.7 Å². The van der Waals surface area contributed by atoms with Crippen LogP contribution in [0, 0.1) is 5.41 Å². The van der Waals surface area contributed by atoms with Crippen LogP contribution in [0.4, 0.5) is 0 Å². The quantitative estimate of drug-likeness (QED) is 0.741. The van der Waals surface area contributed by atoms with E-state index in [-0.39, 0.29) is 11.0 Å². The summed E-state index contributed by atoms with van der Waals surface area (Å²) in [4.78, 5) is 2.38. The van der Waals surface area contributed by atoms with E-state index < -0.39 is 0 Å². The second-order valence-electron chi connectivity index (χ2n) is 7.56. The highest BCUT2D eigenvalue weighted by atomic mass is 16.5. The van der Waals surface area contributed by atoms with Crippen LogP contribution >= 0.6 is 0 Å². The molecule has 1 aliphatic heterocycles. The Bertz CT molecular complexity index is 268. The van der Waals surface area contributed by atoms with Crippen LogP contribution < -0.4 is 5.32 Å². The van der Waals surface area contributed by atoms with Gasteiger partial charge in [0.15, 0.2) is 0 Å². The smallest absolute Gasteiger partial charge is 0.0596 e. The first kappa shape index (κ1) is 17.9. The summed E-state index contributed by atoms with van der Waals surface area (Å²) in [6.07, 6.45) is 1.46. The number of hydrogen-bond acceptors (Lipinski definition) is 4. The average Bonchev–Trinajstić information content (AvgIpc) is 2.74. The highest BCUT2D eigenvalue weighted by Crippen LogP contribution is 2.29. The van der Waals surface area contributed by atoms with Crippen LogP contribution in [0.15, 0.2) is 0 Å². The molecule has 4 nitrogen and oxygen atoms in total. The third-order valence-corrected chi connectivity index (χ3v) is 3.71. The molecule has 20 heavy (non-hydrogen) atoms. The van der Waals surface area contributed by atoms with Crippen molar-refractivity contribution in [1.82, 2.24) is 10.2 Å². The molecule has 0 radical (unpaired) electrons. The Hall–Kier alpha value is -0.160. The first-order chi connectivity index (χ1) is 9.22. The Balaban J connectivity index is 2.41. The SMILES string of the molecule is CC(C)OCCN(C)CC1(CNC(C)(C)C)CCOC1. The Kier molecular flexibility index (Phi) is 6.92. The van der Waals surface area contributed by atoms with Crippen LogP contribution in [-0.2, 0) is 9.47 Å². The molecule has 0 aromatic heterocycles. The van der Waals surface area contributed by atoms with Crippen molar-refractivity contribution in [3.8, 4) is 0 Å². The number of ether oxygens (including phenoxy) is 2. The molecule has 1 N–H and O–H groups in total. The Morgan fingerprint density at radius 3 is 2.55 bits per heavy atom. The first-order valence-corrected chi connectivity index (χ1v) is 7.85. The van der Waals surface area contributed by atoms with Gasteiger partial charge in [0, 0.05) is 37.2 Å². The average molecular weight is 286 g/mol. The summed E-state index contributed by atoms with van der Waals surface area (Å²) < 4.78 is 11.3. The molecule has 1 saturated heterocycles. The summed E-state index contributed by atoms with van der Waals surface area (Å²) in [6.45, 7) is 16.5. The minimum atomic E-state index is 0.162. The van der Waals surface area contributed by atoms with Gasteiger partial charge in [-0.3, -0.25) is 0 Å². The van der Waals surface area contributed by atoms with Gasteiger partial charge in [0.2, 0.25) is 0 Å². The maximum atomic E-state index is 5.67. The van der Waals surface area contributed by atoms with Crippen LogP contribution in [0.3, 0.4) is 0 Å². The summed E-state index contributed by atoms with van der Waals surface area (Å²) in [5.41, 5.74) is 0.411. The number of likely N-dealkylation sites (N-methyl/N-ethyl adjacent to an activating group) is 1. The molecule has 4 heteroatoms. The highest BCUT2D eigenvalue weighted by molar-refractivity contribution is 4.90. The van der Waals surface area contributed by atoms with Gasteiger partial charge in [-0.25, -0.2) is 0 Å². The summed E-state index contributed by atoms with van der Waals surface area (Å²) >= 11 is 0. The summed E-state index contributed by atoms with van der Waals surface area (Å²) in [7, 11) is 2.18. The molecule has 1 aliphatic rings. The van der Waals surface area contributed by atoms with Gasteiger partial charge in [0.05, 0.1) is 19.3 Å². The molecule has 0 saturated carbocycles. The zero-order valence-electron chi connectivity index (χ0n) is 14.3. The van der Waals surface area contributed by atoms with Crippen LogP contribution in [0.25, 0.3) is 0 Å². The van der Waals surface area contributed by atoms with Crippen LogP contribution in [0.1, 0.15) is 41.0 Å². The Labute approximate surface area is 125 Å². The van der Waals surface area contributed by atoms with E-state index in [9.17, 15) is 0 Å². The fraction of sp³-hybridized carbons (Fsp3) is 1.00. The molecular formula is C16H34N2O2. The van der Waals surface area contributed by atoms with Crippen LogP contribution in [0.2, 0.25) is 0 Å². The zero-order chi connectivity index (χ0) is 15.2. The third kappa shape index (κ3) is 7.02. The first-order valence-electron chi connectivity index (χ1n) is 7.85. The van der Waals surface area contributed by atoms with E-state index >= 15 is 0 Å². The van der Waals surface area contributed by atoms with E-state index in [2.05, 4.69) is 51.9 Å². The van der Waals surface area contributed by atoms with E-state index in [0.29, 0.717) is 6.10 Å². The van der Waals surface area contributed by atoms with Crippen molar-refractivity contribution in [2.24, 2.45) is 5.41 Å². The van der Waals surface area contributed by atoms with Crippen LogP contribution in [0.5, 0.6) is 0 Å². The van der Waals surface area contributed by atoms with Crippen molar-refractivity contribution >= 4 is 0 Å². The van der Waals surface area contributed by atoms with E-state index in [1.165, 1.54) is 0 Å². The van der Waals surface area contributed by atoms with Crippen LogP contribution in [-0.4, -0.2) is 63.0 Å². The molecule has 1 fully saturated rings. The normalized spacial score (nSPS) is 24.0. The van der Waals surface area contributed by atoms with Gasteiger partial charge in [-0.1, -0.05) is 0 Å². The van der Waals surface area contributed by atoms with Gasteiger partial charge >= 0.3 is 0 Å². The molecule has 0 bridgehead atoms. The lowest BCUT2D eigenvalue weighted by Crippen LogP contribution is -2.49. The topological polar surface area (TPSA) is 33.7 Å². The standard InChI is InChI=1S/C16H34N2O2/c1-14(2)20-10-8-18(6)12-16(7-9-19-13-16)11-17-15(3,4)5/h14,17H,7-13H2,1-6H3. The maximum Gasteiger partial charge on any atom is 0.0596 e. The van der Waals surface area contributed by atoms with Gasteiger partial charge in [0.25, 0.3) is 0 Å². The molecule has 1 rings (SSSR count). The fourth-order valence-electron chi connectivity index (χ4n) is 2.52. The number of rotatable bonds is 8. The lowest BCUT2D eigenvalue weighted by Gasteiger charge is -2.35. The van der Waals surface area contributed by atoms with Gasteiger partial charge in [-0.05, 0) is 48.1 Å². The fourth-order valence-corrected chi connectivity index (χ4v) is 2.52. The van der Waals surface area contributed by atoms with Crippen molar-refractivity contribution in [1.29, 1.82) is 0 Å². The minimum Gasteiger partial charge on any atom is -0.381 e. The van der Waals surface area contributed by atoms with Gasteiger partial charge in [-0.2, -0.15) is 0 Å². The molecule has 120 valence electrons. The molecule has 0 spiro atoms. The van der Waals surface area contributed by atoms with E-state index in [1.807, 2.05) is 0 Å². The largest absolute Gasteiger partial charge is 0.381 e. The Morgan fingerprint density at radius 2 is 2.05 bits per heavy atom. The van der Waals surface area contributed by atoms with E-state index in [4.69, 9.17) is 9.47 Å². The van der Waals surface area contributed by atoms with E-state index in [0.717, 1.165) is 45.9 Å². The lowest BCUT2D eigenvalue weighted by molar-refractivity contribution is 0.0502. The van der Waals surface area contributed by atoms with Gasteiger partial charge in [0.1, 0.15) is 0 Å². The minimum absolute atomic E-state index is 0.162. The van der Waals surface area contributed by atoms with Crippen molar-refractivity contribution in [3.05, 3.63) is 0 Å². The molecule has 0 aromatic carbocycles. The van der Waals surface area contributed by atoms with Crippen molar-refractivity contribution in [3.63, 3.8) is 0 Å². The monoisotopic (exact) mass is 286 g/mol. The molecular weight excluding hydrogens is 252 g/mol. The second kappa shape index (κ2) is 7.74. The molecule has 1 atom stereocenters. The number of nitrogens with one attached hydrogen (secondary N) is 1. The van der Waals surface area contributed by atoms with Crippen molar-refractivity contribution < 1.29 is 9.47 Å². The predicted molar refractivity (Wildman–Crippen MR) is 84.2 cm³/mol. The summed E-state index contributed by atoms with van der Waals surface area (Å²) in [5.74, 6) is 0. The highest BCUT2D eigenvalue weighted by Gasteiger charge is 2.36. The Morgan fingerprint density at radius 1 is 1.35 bits per heavy atom. The second-order valence-corrected chi connectivity index (χ2v) is 7.56. The molecule has 0 amide bonds. The molecule has 1 heterocycles. The third-order valence-electron chi connectivity index (χ3n) is 3.71. The molecule has 1 unspecified atom stereocenters. The molecule has 0 aromatic rings. The maximum absolute atomic E-state index is 5.67.